The van der Waals surface area contributed by atoms with Gasteiger partial charge in [-0.15, -0.1) is 0 Å². The Morgan fingerprint density at radius 3 is 2.00 bits per heavy atom. The van der Waals surface area contributed by atoms with E-state index in [-0.39, 0.29) is 44.4 Å². The van der Waals surface area contributed by atoms with Crippen molar-refractivity contribution < 1.29 is 14.4 Å². The van der Waals surface area contributed by atoms with Crippen LogP contribution in [0, 0.1) is 0 Å². The average Bonchev–Trinajstić information content (AvgIpc) is 2.78. The molecule has 0 N–H and O–H groups in total. The standard InChI is InChI=1S/C17H13NO3Se/c19-15(22-12-6-2-1-3-7-12)10-11-18-16(20)13-8-4-5-9-14(13)17(18)21/h1-9H,10-11H2. The summed E-state index contributed by atoms with van der Waals surface area (Å²) >= 11 is -0.278. The Morgan fingerprint density at radius 2 is 1.41 bits per heavy atom. The molecule has 4 nitrogen and oxygen atoms in total. The van der Waals surface area contributed by atoms with Crippen molar-refractivity contribution in [3.8, 4) is 0 Å². The summed E-state index contributed by atoms with van der Waals surface area (Å²) in [7, 11) is 0. The van der Waals surface area contributed by atoms with Crippen molar-refractivity contribution in [2.45, 2.75) is 6.42 Å². The van der Waals surface area contributed by atoms with E-state index >= 15 is 0 Å². The van der Waals surface area contributed by atoms with Crippen LogP contribution < -0.4 is 4.46 Å². The van der Waals surface area contributed by atoms with Crippen LogP contribution >= 0.6 is 0 Å². The molecule has 1 aliphatic heterocycles. The van der Waals surface area contributed by atoms with E-state index in [0.29, 0.717) is 11.1 Å². The molecule has 0 atom stereocenters. The fraction of sp³-hybridized carbons (Fsp3) is 0.118. The first-order valence-electron chi connectivity index (χ1n) is 6.88. The van der Waals surface area contributed by atoms with Gasteiger partial charge in [0.25, 0.3) is 0 Å². The van der Waals surface area contributed by atoms with Gasteiger partial charge in [0.2, 0.25) is 0 Å². The Morgan fingerprint density at radius 1 is 0.864 bits per heavy atom. The van der Waals surface area contributed by atoms with Crippen molar-refractivity contribution in [1.29, 1.82) is 0 Å². The van der Waals surface area contributed by atoms with Gasteiger partial charge in [0.15, 0.2) is 0 Å². The van der Waals surface area contributed by atoms with Crippen molar-refractivity contribution in [3.63, 3.8) is 0 Å². The summed E-state index contributed by atoms with van der Waals surface area (Å²) in [6.07, 6.45) is 0.209. The minimum atomic E-state index is -0.305. The third-order valence-electron chi connectivity index (χ3n) is 3.39. The number of hydrogen-bond acceptors (Lipinski definition) is 3. The third kappa shape index (κ3) is 2.86. The third-order valence-corrected chi connectivity index (χ3v) is 5.36. The van der Waals surface area contributed by atoms with Gasteiger partial charge in [-0.2, -0.15) is 0 Å². The molecular formula is C17H13NO3Se. The molecule has 0 saturated carbocycles. The molecular weight excluding hydrogens is 345 g/mol. The molecule has 0 bridgehead atoms. The molecule has 0 aliphatic carbocycles. The maximum atomic E-state index is 12.2. The van der Waals surface area contributed by atoms with Gasteiger partial charge in [-0.1, -0.05) is 0 Å². The quantitative estimate of drug-likeness (QED) is 0.597. The first-order chi connectivity index (χ1) is 10.7. The van der Waals surface area contributed by atoms with E-state index in [1.54, 1.807) is 24.3 Å². The van der Waals surface area contributed by atoms with Crippen LogP contribution in [0.1, 0.15) is 27.1 Å². The molecule has 5 heteroatoms. The van der Waals surface area contributed by atoms with Crippen LogP contribution in [0.3, 0.4) is 0 Å². The summed E-state index contributed by atoms with van der Waals surface area (Å²) in [5.74, 6) is -0.610. The number of rotatable bonds is 5. The van der Waals surface area contributed by atoms with Crippen LogP contribution in [0.4, 0.5) is 0 Å². The second kappa shape index (κ2) is 6.26. The molecule has 1 aliphatic rings. The van der Waals surface area contributed by atoms with Crippen LogP contribution in [0.5, 0.6) is 0 Å². The predicted molar refractivity (Wildman–Crippen MR) is 83.3 cm³/mol. The topological polar surface area (TPSA) is 54.5 Å². The molecule has 0 spiro atoms. The van der Waals surface area contributed by atoms with Crippen LogP contribution in [0.25, 0.3) is 0 Å². The van der Waals surface area contributed by atoms with Crippen molar-refractivity contribution in [2.24, 2.45) is 0 Å². The van der Waals surface area contributed by atoms with Crippen molar-refractivity contribution >= 4 is 35.9 Å². The summed E-state index contributed by atoms with van der Waals surface area (Å²) in [5.41, 5.74) is 0.849. The number of imide groups is 1. The summed E-state index contributed by atoms with van der Waals surface area (Å²) in [5, 5.41) is 0. The Kier molecular flexibility index (Phi) is 4.18. The normalized spacial score (nSPS) is 13.4. The van der Waals surface area contributed by atoms with Crippen molar-refractivity contribution in [1.82, 2.24) is 4.90 Å². The molecule has 0 radical (unpaired) electrons. The fourth-order valence-electron chi connectivity index (χ4n) is 2.32. The fourth-order valence-corrected chi connectivity index (χ4v) is 3.89. The van der Waals surface area contributed by atoms with E-state index in [1.165, 1.54) is 4.90 Å². The number of carbonyl (C=O) groups excluding carboxylic acids is 3. The van der Waals surface area contributed by atoms with E-state index in [1.807, 2.05) is 30.3 Å². The summed E-state index contributed by atoms with van der Waals surface area (Å²) in [4.78, 5) is 37.6. The first-order valence-corrected chi connectivity index (χ1v) is 8.59. The van der Waals surface area contributed by atoms with E-state index in [9.17, 15) is 14.4 Å². The molecule has 3 rings (SSSR count). The van der Waals surface area contributed by atoms with Gasteiger partial charge in [0.1, 0.15) is 0 Å². The maximum absolute atomic E-state index is 12.2. The molecule has 0 fully saturated rings. The van der Waals surface area contributed by atoms with Crippen LogP contribution in [0.15, 0.2) is 54.6 Å². The molecule has 0 aromatic heterocycles. The molecule has 0 saturated heterocycles. The second-order valence-electron chi connectivity index (χ2n) is 4.84. The van der Waals surface area contributed by atoms with E-state index in [2.05, 4.69) is 0 Å². The number of amides is 2. The Hall–Kier alpha value is -2.23. The predicted octanol–water partition coefficient (Wildman–Crippen LogP) is 1.23. The Balaban J connectivity index is 1.62. The number of benzene rings is 2. The number of hydrogen-bond donors (Lipinski definition) is 0. The zero-order valence-electron chi connectivity index (χ0n) is 11.7. The summed E-state index contributed by atoms with van der Waals surface area (Å²) in [6, 6.07) is 16.3. The Bertz CT molecular complexity index is 708. The van der Waals surface area contributed by atoms with Gasteiger partial charge in [-0.05, 0) is 0 Å². The number of fused-ring (bicyclic) bond motifs is 1. The number of nitrogens with zero attached hydrogens (tertiary/aromatic N) is 1. The molecule has 110 valence electrons. The molecule has 1 heterocycles. The first kappa shape index (κ1) is 14.7. The van der Waals surface area contributed by atoms with Gasteiger partial charge < -0.3 is 0 Å². The van der Waals surface area contributed by atoms with E-state index in [4.69, 9.17) is 0 Å². The molecule has 2 aromatic rings. The van der Waals surface area contributed by atoms with Gasteiger partial charge in [0, 0.05) is 0 Å². The van der Waals surface area contributed by atoms with Crippen LogP contribution in [-0.2, 0) is 4.79 Å². The summed E-state index contributed by atoms with van der Waals surface area (Å²) < 4.78 is 1.08. The van der Waals surface area contributed by atoms with Gasteiger partial charge >= 0.3 is 134 Å². The van der Waals surface area contributed by atoms with E-state index in [0.717, 1.165) is 4.46 Å². The zero-order valence-corrected chi connectivity index (χ0v) is 13.4. The second-order valence-corrected chi connectivity index (χ2v) is 7.22. The van der Waals surface area contributed by atoms with Crippen LogP contribution in [0.2, 0.25) is 0 Å². The van der Waals surface area contributed by atoms with Gasteiger partial charge in [-0.25, -0.2) is 0 Å². The Labute approximate surface area is 134 Å². The zero-order chi connectivity index (χ0) is 15.5. The van der Waals surface area contributed by atoms with Gasteiger partial charge in [0.05, 0.1) is 0 Å². The van der Waals surface area contributed by atoms with Crippen LogP contribution in [-0.4, -0.2) is 42.9 Å². The monoisotopic (exact) mass is 359 g/mol. The van der Waals surface area contributed by atoms with Crippen molar-refractivity contribution in [3.05, 3.63) is 65.7 Å². The molecule has 2 aromatic carbocycles. The number of carbonyl (C=O) groups is 3. The minimum absolute atomic E-state index is 0.0789. The molecule has 22 heavy (non-hydrogen) atoms. The average molecular weight is 358 g/mol. The SMILES string of the molecule is O=C(CCN1C(=O)c2ccccc2C1=O)[Se]c1ccccc1. The molecule has 0 unspecified atom stereocenters. The van der Waals surface area contributed by atoms with Gasteiger partial charge in [-0.3, -0.25) is 0 Å². The van der Waals surface area contributed by atoms with E-state index < -0.39 is 0 Å². The van der Waals surface area contributed by atoms with Crippen molar-refractivity contribution in [2.75, 3.05) is 6.54 Å². The molecule has 2 amide bonds. The summed E-state index contributed by atoms with van der Waals surface area (Å²) in [6.45, 7) is 0.153.